The number of carbonyl (C=O) groups excluding carboxylic acids is 2. The van der Waals surface area contributed by atoms with Crippen molar-refractivity contribution in [3.63, 3.8) is 0 Å². The second kappa shape index (κ2) is 8.63. The van der Waals surface area contributed by atoms with E-state index in [0.717, 1.165) is 44.1 Å². The summed E-state index contributed by atoms with van der Waals surface area (Å²) in [6.07, 6.45) is 7.96. The number of esters is 2. The van der Waals surface area contributed by atoms with Gasteiger partial charge in [-0.3, -0.25) is 4.79 Å². The Kier molecular flexibility index (Phi) is 6.57. The highest BCUT2D eigenvalue weighted by atomic mass is 16.5. The van der Waals surface area contributed by atoms with E-state index in [0.29, 0.717) is 19.4 Å². The Labute approximate surface area is 174 Å². The lowest BCUT2D eigenvalue weighted by atomic mass is 9.46. The minimum atomic E-state index is -0.457. The largest absolute Gasteiger partial charge is 0.462 e. The number of cyclic esters (lactones) is 1. The molecule has 0 aromatic rings. The molecule has 1 N–H and O–H groups in total. The molecule has 0 amide bonds. The van der Waals surface area contributed by atoms with Crippen LogP contribution < -0.4 is 0 Å². The molecule has 1 heterocycles. The van der Waals surface area contributed by atoms with Crippen LogP contribution in [0, 0.1) is 22.7 Å². The first-order valence-corrected chi connectivity index (χ1v) is 11.1. The summed E-state index contributed by atoms with van der Waals surface area (Å²) >= 11 is 0. The Morgan fingerprint density at radius 1 is 1.38 bits per heavy atom. The summed E-state index contributed by atoms with van der Waals surface area (Å²) in [6, 6.07) is 0. The number of carbonyl (C=O) groups is 2. The van der Waals surface area contributed by atoms with Crippen molar-refractivity contribution in [2.75, 3.05) is 13.2 Å². The quantitative estimate of drug-likeness (QED) is 0.505. The minimum Gasteiger partial charge on any atom is -0.462 e. The molecule has 1 aliphatic heterocycles. The van der Waals surface area contributed by atoms with Crippen LogP contribution in [0.2, 0.25) is 0 Å². The Balaban J connectivity index is 1.80. The number of aliphatic hydroxyl groups excluding tert-OH is 1. The van der Waals surface area contributed by atoms with Gasteiger partial charge in [-0.1, -0.05) is 32.9 Å². The van der Waals surface area contributed by atoms with Gasteiger partial charge in [0.15, 0.2) is 0 Å². The summed E-state index contributed by atoms with van der Waals surface area (Å²) in [6.45, 7) is 11.1. The fourth-order valence-electron chi connectivity index (χ4n) is 6.23. The predicted octanol–water partition coefficient (Wildman–Crippen LogP) is 4.34. The first-order chi connectivity index (χ1) is 13.8. The molecule has 5 nitrogen and oxygen atoms in total. The summed E-state index contributed by atoms with van der Waals surface area (Å²) in [5, 5.41) is 10.4. The maximum atomic E-state index is 12.2. The van der Waals surface area contributed by atoms with Crippen molar-refractivity contribution in [2.24, 2.45) is 22.7 Å². The number of aliphatic hydroxyl groups is 1. The van der Waals surface area contributed by atoms with E-state index in [1.807, 2.05) is 13.0 Å². The lowest BCUT2D eigenvalue weighted by Crippen LogP contribution is -2.58. The molecule has 0 spiro atoms. The first-order valence-electron chi connectivity index (χ1n) is 11.1. The Hall–Kier alpha value is -1.62. The molecule has 29 heavy (non-hydrogen) atoms. The number of ether oxygens (including phenoxy) is 2. The third-order valence-corrected chi connectivity index (χ3v) is 7.89. The van der Waals surface area contributed by atoms with E-state index >= 15 is 0 Å². The number of hydrogen-bond donors (Lipinski definition) is 1. The maximum Gasteiger partial charge on any atom is 0.334 e. The second-order valence-corrected chi connectivity index (χ2v) is 9.61. The van der Waals surface area contributed by atoms with E-state index in [1.54, 1.807) is 0 Å². The zero-order valence-corrected chi connectivity index (χ0v) is 18.2. The van der Waals surface area contributed by atoms with Gasteiger partial charge in [-0.25, -0.2) is 4.79 Å². The average molecular weight is 405 g/mol. The van der Waals surface area contributed by atoms with E-state index in [2.05, 4.69) is 20.4 Å². The van der Waals surface area contributed by atoms with Crippen molar-refractivity contribution >= 4 is 11.9 Å². The number of rotatable bonds is 7. The fraction of sp³-hybridized carbons (Fsp3) is 0.750. The van der Waals surface area contributed by atoms with Crippen LogP contribution in [0.1, 0.15) is 72.1 Å². The number of fused-ring (bicyclic) bond motifs is 1. The molecule has 2 aliphatic carbocycles. The van der Waals surface area contributed by atoms with Crippen LogP contribution >= 0.6 is 0 Å². The van der Waals surface area contributed by atoms with Crippen molar-refractivity contribution in [3.8, 4) is 0 Å². The lowest BCUT2D eigenvalue weighted by Gasteiger charge is -2.60. The normalized spacial score (nSPS) is 37.0. The molecule has 0 aromatic heterocycles. The van der Waals surface area contributed by atoms with Gasteiger partial charge in [-0.15, -0.1) is 0 Å². The van der Waals surface area contributed by atoms with Gasteiger partial charge >= 0.3 is 11.9 Å². The third-order valence-electron chi connectivity index (χ3n) is 7.89. The Morgan fingerprint density at radius 3 is 2.76 bits per heavy atom. The molecule has 2 saturated carbocycles. The molecular formula is C24H36O5. The highest BCUT2D eigenvalue weighted by Gasteiger charge is 2.58. The average Bonchev–Trinajstić information content (AvgIpc) is 3.09. The van der Waals surface area contributed by atoms with E-state index < -0.39 is 5.41 Å². The van der Waals surface area contributed by atoms with Crippen LogP contribution in [0.5, 0.6) is 0 Å². The van der Waals surface area contributed by atoms with Gasteiger partial charge in [0.1, 0.15) is 12.7 Å². The summed E-state index contributed by atoms with van der Waals surface area (Å²) in [4.78, 5) is 24.0. The molecule has 0 radical (unpaired) electrons. The second-order valence-electron chi connectivity index (χ2n) is 9.61. The van der Waals surface area contributed by atoms with Crippen molar-refractivity contribution in [2.45, 2.75) is 78.2 Å². The number of hydrogen-bond acceptors (Lipinski definition) is 5. The van der Waals surface area contributed by atoms with Crippen LogP contribution in [-0.4, -0.2) is 36.4 Å². The van der Waals surface area contributed by atoms with E-state index in [9.17, 15) is 14.7 Å². The van der Waals surface area contributed by atoms with Crippen LogP contribution in [0.15, 0.2) is 23.8 Å². The summed E-state index contributed by atoms with van der Waals surface area (Å²) < 4.78 is 10.9. The molecule has 0 saturated heterocycles. The van der Waals surface area contributed by atoms with Crippen LogP contribution in [-0.2, 0) is 19.1 Å². The molecule has 5 heteroatoms. The van der Waals surface area contributed by atoms with Crippen molar-refractivity contribution in [1.82, 2.24) is 0 Å². The zero-order chi connectivity index (χ0) is 21.2. The predicted molar refractivity (Wildman–Crippen MR) is 111 cm³/mol. The minimum absolute atomic E-state index is 0.00794. The standard InChI is InChI=1S/C24H36O5/c1-5-6-21(26)29-20-11-13-23(3)18(9-8-17-12-14-28-22(17)27)16(2)7-10-19(23)24(20,4)15-25/h12,18-20,25H,2,5-11,13-15H2,1,3-4H3/t18-,19-,20-,23+,24+/m1/s1. The molecule has 0 unspecified atom stereocenters. The van der Waals surface area contributed by atoms with Gasteiger partial charge in [0.25, 0.3) is 0 Å². The highest BCUT2D eigenvalue weighted by Crippen LogP contribution is 2.62. The van der Waals surface area contributed by atoms with Crippen LogP contribution in [0.25, 0.3) is 0 Å². The topological polar surface area (TPSA) is 72.8 Å². The summed E-state index contributed by atoms with van der Waals surface area (Å²) in [5.41, 5.74) is 1.54. The van der Waals surface area contributed by atoms with Gasteiger partial charge in [0.2, 0.25) is 0 Å². The summed E-state index contributed by atoms with van der Waals surface area (Å²) in [7, 11) is 0. The van der Waals surface area contributed by atoms with Gasteiger partial charge < -0.3 is 14.6 Å². The Bertz CT molecular complexity index is 695. The van der Waals surface area contributed by atoms with E-state index in [1.165, 1.54) is 5.57 Å². The molecule has 0 aromatic carbocycles. The third kappa shape index (κ3) is 4.03. The maximum absolute atomic E-state index is 12.2. The van der Waals surface area contributed by atoms with Gasteiger partial charge in [0.05, 0.1) is 6.61 Å². The molecular weight excluding hydrogens is 368 g/mol. The molecule has 2 fully saturated rings. The molecule has 5 atom stereocenters. The highest BCUT2D eigenvalue weighted by molar-refractivity contribution is 5.90. The van der Waals surface area contributed by atoms with E-state index in [-0.39, 0.29) is 41.9 Å². The van der Waals surface area contributed by atoms with E-state index in [4.69, 9.17) is 9.47 Å². The summed E-state index contributed by atoms with van der Waals surface area (Å²) in [5.74, 6) is 0.172. The van der Waals surface area contributed by atoms with Crippen molar-refractivity contribution < 1.29 is 24.2 Å². The molecule has 162 valence electrons. The lowest BCUT2D eigenvalue weighted by molar-refractivity contribution is -0.187. The molecule has 0 bridgehead atoms. The zero-order valence-electron chi connectivity index (χ0n) is 18.2. The fourth-order valence-corrected chi connectivity index (χ4v) is 6.23. The van der Waals surface area contributed by atoms with Gasteiger partial charge in [0, 0.05) is 17.4 Å². The van der Waals surface area contributed by atoms with Crippen molar-refractivity contribution in [3.05, 3.63) is 23.8 Å². The molecule has 3 rings (SSSR count). The van der Waals surface area contributed by atoms with Crippen molar-refractivity contribution in [1.29, 1.82) is 0 Å². The van der Waals surface area contributed by atoms with Crippen LogP contribution in [0.3, 0.4) is 0 Å². The first kappa shape index (κ1) is 22.1. The smallest absolute Gasteiger partial charge is 0.334 e. The Morgan fingerprint density at radius 2 is 2.14 bits per heavy atom. The molecule has 3 aliphatic rings. The van der Waals surface area contributed by atoms with Gasteiger partial charge in [-0.05, 0) is 68.3 Å². The van der Waals surface area contributed by atoms with Gasteiger partial charge in [-0.2, -0.15) is 0 Å². The SMILES string of the molecule is C=C1CC[C@H]2[C@](C)(CO)[C@H](OC(=O)CCC)CC[C@@]2(C)[C@@H]1CCC1=CCOC1=O. The number of allylic oxidation sites excluding steroid dienone is 1. The monoisotopic (exact) mass is 404 g/mol. The van der Waals surface area contributed by atoms with Crippen LogP contribution in [0.4, 0.5) is 0 Å².